The molecule has 5 rings (SSSR count). The van der Waals surface area contributed by atoms with Gasteiger partial charge in [0.1, 0.15) is 6.23 Å². The molecule has 0 unspecified atom stereocenters. The van der Waals surface area contributed by atoms with E-state index in [1.165, 1.54) is 27.7 Å². The number of para-hydroxylation sites is 1. The normalized spacial score (nSPS) is 23.4. The van der Waals surface area contributed by atoms with Gasteiger partial charge in [-0.15, -0.1) is 0 Å². The van der Waals surface area contributed by atoms with Crippen LogP contribution in [0.4, 0.5) is 0 Å². The molecule has 0 spiro atoms. The summed E-state index contributed by atoms with van der Waals surface area (Å²) in [6.45, 7) is 2.08. The summed E-state index contributed by atoms with van der Waals surface area (Å²) in [7, 11) is 0. The van der Waals surface area contributed by atoms with Crippen molar-refractivity contribution in [1.29, 1.82) is 0 Å². The molecule has 1 N–H and O–H groups in total. The minimum atomic E-state index is -0.383. The van der Waals surface area contributed by atoms with Crippen molar-refractivity contribution in [2.24, 2.45) is 0 Å². The van der Waals surface area contributed by atoms with Gasteiger partial charge in [0.05, 0.1) is 11.6 Å². The summed E-state index contributed by atoms with van der Waals surface area (Å²) >= 11 is 0. The van der Waals surface area contributed by atoms with Gasteiger partial charge in [-0.05, 0) is 36.5 Å². The molecule has 2 aromatic carbocycles. The minimum absolute atomic E-state index is 0.383. The molecule has 0 saturated heterocycles. The molecule has 2 aliphatic heterocycles. The number of nitrogens with zero attached hydrogens (tertiary/aromatic N) is 2. The van der Waals surface area contributed by atoms with E-state index in [0.29, 0.717) is 6.04 Å². The van der Waals surface area contributed by atoms with Gasteiger partial charge >= 0.3 is 0 Å². The van der Waals surface area contributed by atoms with E-state index in [1.54, 1.807) is 0 Å². The van der Waals surface area contributed by atoms with Crippen molar-refractivity contribution in [3.63, 3.8) is 0 Å². The van der Waals surface area contributed by atoms with E-state index < -0.39 is 0 Å². The molecule has 2 aliphatic rings. The molecule has 3 nitrogen and oxygen atoms in total. The van der Waals surface area contributed by atoms with Gasteiger partial charge in [0.15, 0.2) is 0 Å². The van der Waals surface area contributed by atoms with Gasteiger partial charge in [0.2, 0.25) is 0 Å². The number of hydrogen-bond donors (Lipinski definition) is 1. The average molecular weight is 318 g/mol. The zero-order valence-electron chi connectivity index (χ0n) is 13.7. The van der Waals surface area contributed by atoms with Crippen LogP contribution in [0.5, 0.6) is 0 Å². The maximum absolute atomic E-state index is 10.6. The topological polar surface area (TPSA) is 28.4 Å². The molecule has 0 aliphatic carbocycles. The zero-order valence-corrected chi connectivity index (χ0v) is 13.7. The molecule has 122 valence electrons. The fourth-order valence-electron chi connectivity index (χ4n) is 4.64. The predicted octanol–water partition coefficient (Wildman–Crippen LogP) is 4.03. The van der Waals surface area contributed by atoms with E-state index >= 15 is 0 Å². The molecule has 3 heterocycles. The largest absolute Gasteiger partial charge is 0.373 e. The van der Waals surface area contributed by atoms with Gasteiger partial charge in [-0.2, -0.15) is 0 Å². The van der Waals surface area contributed by atoms with Gasteiger partial charge in [-0.1, -0.05) is 48.5 Å². The van der Waals surface area contributed by atoms with E-state index in [2.05, 4.69) is 64.1 Å². The number of aromatic nitrogens is 1. The number of hydrogen-bond acceptors (Lipinski definition) is 2. The first-order valence-corrected chi connectivity index (χ1v) is 8.90. The molecule has 0 fully saturated rings. The maximum Gasteiger partial charge on any atom is 0.131 e. The van der Waals surface area contributed by atoms with Crippen molar-refractivity contribution >= 4 is 10.9 Å². The molecule has 3 heteroatoms. The first kappa shape index (κ1) is 14.3. The molecule has 2 atom stereocenters. The summed E-state index contributed by atoms with van der Waals surface area (Å²) in [6, 6.07) is 19.7. The van der Waals surface area contributed by atoms with Crippen LogP contribution in [0.25, 0.3) is 10.9 Å². The van der Waals surface area contributed by atoms with Crippen molar-refractivity contribution in [1.82, 2.24) is 9.47 Å². The van der Waals surface area contributed by atoms with Gasteiger partial charge in [0.25, 0.3) is 0 Å². The molecule has 0 radical (unpaired) electrons. The third-order valence-electron chi connectivity index (χ3n) is 5.69. The first-order chi connectivity index (χ1) is 11.8. The predicted molar refractivity (Wildman–Crippen MR) is 95.7 cm³/mol. The van der Waals surface area contributed by atoms with Crippen LogP contribution in [0.15, 0.2) is 54.6 Å². The number of fused-ring (bicyclic) bond motifs is 3. The third kappa shape index (κ3) is 2.05. The van der Waals surface area contributed by atoms with Crippen LogP contribution in [-0.4, -0.2) is 21.1 Å². The summed E-state index contributed by atoms with van der Waals surface area (Å²) in [5.41, 5.74) is 5.38. The lowest BCUT2D eigenvalue weighted by Gasteiger charge is -2.41. The summed E-state index contributed by atoms with van der Waals surface area (Å²) in [4.78, 5) is 2.60. The van der Waals surface area contributed by atoms with Gasteiger partial charge < -0.3 is 9.67 Å². The second kappa shape index (κ2) is 5.47. The lowest BCUT2D eigenvalue weighted by Crippen LogP contribution is -2.39. The molecular weight excluding hydrogens is 296 g/mol. The van der Waals surface area contributed by atoms with Crippen molar-refractivity contribution in [3.8, 4) is 0 Å². The quantitative estimate of drug-likeness (QED) is 0.773. The first-order valence-electron chi connectivity index (χ1n) is 8.90. The Morgan fingerprint density at radius 2 is 1.75 bits per heavy atom. The smallest absolute Gasteiger partial charge is 0.131 e. The molecule has 3 aromatic rings. The second-order valence-corrected chi connectivity index (χ2v) is 7.03. The van der Waals surface area contributed by atoms with Crippen LogP contribution >= 0.6 is 0 Å². The van der Waals surface area contributed by atoms with Gasteiger partial charge in [-0.3, -0.25) is 4.90 Å². The number of rotatable bonds is 2. The second-order valence-electron chi connectivity index (χ2n) is 7.03. The SMILES string of the molecule is O[C@@H]1CC[C@@H]2c3c(c4ccccc4n31)CCN2Cc1ccccc1. The van der Waals surface area contributed by atoms with Gasteiger partial charge in [0, 0.05) is 24.2 Å². The summed E-state index contributed by atoms with van der Waals surface area (Å²) < 4.78 is 2.20. The number of benzene rings is 2. The lowest BCUT2D eigenvalue weighted by atomic mass is 9.91. The van der Waals surface area contributed by atoms with E-state index in [-0.39, 0.29) is 6.23 Å². The molecule has 24 heavy (non-hydrogen) atoms. The molecule has 0 bridgehead atoms. The Hall–Kier alpha value is -2.10. The number of aliphatic hydroxyl groups is 1. The van der Waals surface area contributed by atoms with Crippen molar-refractivity contribution in [2.45, 2.75) is 38.1 Å². The van der Waals surface area contributed by atoms with Crippen LogP contribution in [0, 0.1) is 0 Å². The van der Waals surface area contributed by atoms with Crippen LogP contribution in [-0.2, 0) is 13.0 Å². The average Bonchev–Trinajstić information content (AvgIpc) is 2.96. The van der Waals surface area contributed by atoms with E-state index in [1.807, 2.05) is 0 Å². The standard InChI is InChI=1S/C21H22N2O/c24-20-11-10-19-21-17(16-8-4-5-9-18(16)23(20)21)12-13-22(19)14-15-6-2-1-3-7-15/h1-9,19-20,24H,10-14H2/t19-,20-/m1/s1. The Balaban J connectivity index is 1.61. The van der Waals surface area contributed by atoms with E-state index in [0.717, 1.165) is 32.4 Å². The van der Waals surface area contributed by atoms with Crippen LogP contribution in [0.1, 0.15) is 41.9 Å². The Bertz CT molecular complexity index is 883. The molecular formula is C21H22N2O. The Morgan fingerprint density at radius 1 is 0.958 bits per heavy atom. The summed E-state index contributed by atoms with van der Waals surface area (Å²) in [6.07, 6.45) is 2.56. The van der Waals surface area contributed by atoms with Crippen LogP contribution < -0.4 is 0 Å². The summed E-state index contributed by atoms with van der Waals surface area (Å²) in [5, 5.41) is 12.0. The fraction of sp³-hybridized carbons (Fsp3) is 0.333. The van der Waals surface area contributed by atoms with Crippen molar-refractivity contribution < 1.29 is 5.11 Å². The highest BCUT2D eigenvalue weighted by Crippen LogP contribution is 2.45. The van der Waals surface area contributed by atoms with E-state index in [4.69, 9.17) is 0 Å². The third-order valence-corrected chi connectivity index (χ3v) is 5.69. The Kier molecular flexibility index (Phi) is 3.25. The van der Waals surface area contributed by atoms with Crippen LogP contribution in [0.2, 0.25) is 0 Å². The summed E-state index contributed by atoms with van der Waals surface area (Å²) in [5.74, 6) is 0. The van der Waals surface area contributed by atoms with E-state index in [9.17, 15) is 5.11 Å². The molecule has 1 aromatic heterocycles. The highest BCUT2D eigenvalue weighted by Gasteiger charge is 2.37. The highest BCUT2D eigenvalue weighted by atomic mass is 16.3. The monoisotopic (exact) mass is 318 g/mol. The fourth-order valence-corrected chi connectivity index (χ4v) is 4.64. The lowest BCUT2D eigenvalue weighted by molar-refractivity contribution is 0.0414. The van der Waals surface area contributed by atoms with Crippen LogP contribution in [0.3, 0.4) is 0 Å². The Morgan fingerprint density at radius 3 is 2.62 bits per heavy atom. The maximum atomic E-state index is 10.6. The van der Waals surface area contributed by atoms with Crippen molar-refractivity contribution in [3.05, 3.63) is 71.4 Å². The number of aliphatic hydroxyl groups excluding tert-OH is 1. The zero-order chi connectivity index (χ0) is 16.1. The molecule has 0 amide bonds. The molecule has 0 saturated carbocycles. The minimum Gasteiger partial charge on any atom is -0.373 e. The van der Waals surface area contributed by atoms with Gasteiger partial charge in [-0.25, -0.2) is 0 Å². The Labute approximate surface area is 142 Å². The van der Waals surface area contributed by atoms with Crippen molar-refractivity contribution in [2.75, 3.05) is 6.54 Å². The highest BCUT2D eigenvalue weighted by molar-refractivity contribution is 5.86.